The van der Waals surface area contributed by atoms with E-state index < -0.39 is 6.10 Å². The predicted octanol–water partition coefficient (Wildman–Crippen LogP) is 4.23. The Morgan fingerprint density at radius 3 is 3.00 bits per heavy atom. The fourth-order valence-corrected chi connectivity index (χ4v) is 3.43. The second-order valence-corrected chi connectivity index (χ2v) is 7.27. The van der Waals surface area contributed by atoms with Crippen LogP contribution in [-0.4, -0.2) is 23.8 Å². The van der Waals surface area contributed by atoms with Crippen molar-refractivity contribution < 1.29 is 19.1 Å². The molecule has 0 saturated heterocycles. The Bertz CT molecular complexity index is 717. The lowest BCUT2D eigenvalue weighted by atomic mass is 9.89. The molecule has 6 heteroatoms. The highest BCUT2D eigenvalue weighted by Gasteiger charge is 2.19. The molecule has 1 saturated carbocycles. The fourth-order valence-electron chi connectivity index (χ4n) is 3.43. The van der Waals surface area contributed by atoms with Crippen LogP contribution in [0.25, 0.3) is 0 Å². The van der Waals surface area contributed by atoms with Crippen molar-refractivity contribution >= 4 is 11.7 Å². The number of hydrogen-bond donors (Lipinski definition) is 3. The molecule has 27 heavy (non-hydrogen) atoms. The zero-order valence-electron chi connectivity index (χ0n) is 15.7. The number of benzene rings is 1. The van der Waals surface area contributed by atoms with Gasteiger partial charge < -0.3 is 24.9 Å². The van der Waals surface area contributed by atoms with Gasteiger partial charge in [-0.25, -0.2) is 4.79 Å². The van der Waals surface area contributed by atoms with Crippen molar-refractivity contribution in [3.8, 4) is 0 Å². The molecule has 1 aromatic carbocycles. The molecule has 1 heterocycles. The van der Waals surface area contributed by atoms with Gasteiger partial charge in [-0.2, -0.15) is 0 Å². The van der Waals surface area contributed by atoms with E-state index in [1.807, 2.05) is 24.3 Å². The Balaban J connectivity index is 1.44. The van der Waals surface area contributed by atoms with E-state index in [1.54, 1.807) is 12.1 Å². The van der Waals surface area contributed by atoms with E-state index >= 15 is 0 Å². The summed E-state index contributed by atoms with van der Waals surface area (Å²) in [6.07, 6.45) is 5.72. The van der Waals surface area contributed by atoms with Crippen molar-refractivity contribution in [3.63, 3.8) is 0 Å². The second-order valence-electron chi connectivity index (χ2n) is 7.27. The van der Waals surface area contributed by atoms with E-state index in [1.165, 1.54) is 19.1 Å². The third-order valence-corrected chi connectivity index (χ3v) is 4.89. The molecule has 0 spiro atoms. The number of aliphatic hydroxyl groups is 1. The average molecular weight is 372 g/mol. The van der Waals surface area contributed by atoms with Crippen LogP contribution in [0.15, 0.2) is 47.1 Å². The molecule has 2 aromatic rings. The van der Waals surface area contributed by atoms with Crippen LogP contribution in [0, 0.1) is 5.92 Å². The molecule has 3 unspecified atom stereocenters. The van der Waals surface area contributed by atoms with Gasteiger partial charge in [-0.15, -0.1) is 0 Å². The number of hydrogen-bond acceptors (Lipinski definition) is 4. The van der Waals surface area contributed by atoms with Crippen LogP contribution in [0.5, 0.6) is 0 Å². The summed E-state index contributed by atoms with van der Waals surface area (Å²) >= 11 is 0. The summed E-state index contributed by atoms with van der Waals surface area (Å²) in [7, 11) is 0. The van der Waals surface area contributed by atoms with Crippen molar-refractivity contribution in [2.45, 2.75) is 51.4 Å². The topological polar surface area (TPSA) is 83.7 Å². The predicted molar refractivity (Wildman–Crippen MR) is 103 cm³/mol. The molecule has 1 aliphatic rings. The number of anilines is 1. The van der Waals surface area contributed by atoms with Crippen LogP contribution >= 0.6 is 0 Å². The van der Waals surface area contributed by atoms with Crippen molar-refractivity contribution in [2.75, 3.05) is 11.9 Å². The Labute approximate surface area is 159 Å². The van der Waals surface area contributed by atoms with Gasteiger partial charge in [0.1, 0.15) is 11.9 Å². The monoisotopic (exact) mass is 372 g/mol. The first-order valence-electron chi connectivity index (χ1n) is 9.57. The molecule has 3 rings (SSSR count). The molecule has 0 aliphatic heterocycles. The Morgan fingerprint density at radius 2 is 2.22 bits per heavy atom. The van der Waals surface area contributed by atoms with Crippen LogP contribution in [0.2, 0.25) is 0 Å². The van der Waals surface area contributed by atoms with Crippen molar-refractivity contribution in [3.05, 3.63) is 54.0 Å². The summed E-state index contributed by atoms with van der Waals surface area (Å²) in [5.41, 5.74) is 1.72. The maximum atomic E-state index is 12.0. The van der Waals surface area contributed by atoms with Gasteiger partial charge in [0.25, 0.3) is 0 Å². The number of rotatable bonds is 7. The van der Waals surface area contributed by atoms with Gasteiger partial charge in [0.2, 0.25) is 0 Å². The van der Waals surface area contributed by atoms with Gasteiger partial charge >= 0.3 is 6.03 Å². The number of aliphatic hydroxyl groups excluding tert-OH is 1. The lowest BCUT2D eigenvalue weighted by molar-refractivity contribution is 0.00468. The minimum Gasteiger partial charge on any atom is -0.467 e. The van der Waals surface area contributed by atoms with Crippen LogP contribution in [0.3, 0.4) is 0 Å². The van der Waals surface area contributed by atoms with Crippen molar-refractivity contribution in [1.29, 1.82) is 0 Å². The summed E-state index contributed by atoms with van der Waals surface area (Å²) in [6, 6.07) is 10.6. The number of ether oxygens (including phenoxy) is 1. The average Bonchev–Trinajstić information content (AvgIpc) is 3.20. The largest absolute Gasteiger partial charge is 0.467 e. The zero-order valence-corrected chi connectivity index (χ0v) is 15.7. The number of furan rings is 1. The van der Waals surface area contributed by atoms with Gasteiger partial charge in [-0.3, -0.25) is 0 Å². The van der Waals surface area contributed by atoms with Gasteiger partial charge in [0, 0.05) is 5.69 Å². The maximum absolute atomic E-state index is 12.0. The Morgan fingerprint density at radius 1 is 1.33 bits per heavy atom. The summed E-state index contributed by atoms with van der Waals surface area (Å²) < 4.78 is 11.2. The minimum atomic E-state index is -0.872. The first kappa shape index (κ1) is 19.5. The summed E-state index contributed by atoms with van der Waals surface area (Å²) in [5.74, 6) is 1.16. The summed E-state index contributed by atoms with van der Waals surface area (Å²) in [6.45, 7) is 2.90. The lowest BCUT2D eigenvalue weighted by Gasteiger charge is -2.26. The van der Waals surface area contributed by atoms with E-state index in [9.17, 15) is 9.90 Å². The summed E-state index contributed by atoms with van der Waals surface area (Å²) in [5, 5.41) is 15.3. The van der Waals surface area contributed by atoms with E-state index in [2.05, 4.69) is 17.6 Å². The number of carbonyl (C=O) groups is 1. The molecule has 2 amide bonds. The molecule has 146 valence electrons. The normalized spacial score (nSPS) is 20.8. The highest BCUT2D eigenvalue weighted by Crippen LogP contribution is 2.26. The smallest absolute Gasteiger partial charge is 0.319 e. The van der Waals surface area contributed by atoms with E-state index in [4.69, 9.17) is 9.15 Å². The van der Waals surface area contributed by atoms with Crippen molar-refractivity contribution in [2.24, 2.45) is 5.92 Å². The van der Waals surface area contributed by atoms with Crippen LogP contribution in [0.1, 0.15) is 50.0 Å². The zero-order chi connectivity index (χ0) is 19.1. The number of carbonyl (C=O) groups excluding carboxylic acids is 1. The number of urea groups is 1. The molecule has 3 atom stereocenters. The first-order valence-corrected chi connectivity index (χ1v) is 9.57. The third kappa shape index (κ3) is 6.12. The standard InChI is InChI=1S/C21H28N2O4/c1-15-5-2-8-18(11-15)27-14-16-6-3-7-17(12-16)23-21(25)22-13-19(24)20-9-4-10-26-20/h3-4,6-7,9-10,12,15,18-19,24H,2,5,8,11,13-14H2,1H3,(H2,22,23,25). The van der Waals surface area contributed by atoms with Gasteiger partial charge in [-0.05, 0) is 48.6 Å². The van der Waals surface area contributed by atoms with Gasteiger partial charge in [0.05, 0.1) is 25.5 Å². The SMILES string of the molecule is CC1CCCC(OCc2cccc(NC(=O)NCC(O)c3ccco3)c2)C1. The van der Waals surface area contributed by atoms with Crippen LogP contribution in [0.4, 0.5) is 10.5 Å². The highest BCUT2D eigenvalue weighted by molar-refractivity contribution is 5.89. The van der Waals surface area contributed by atoms with Crippen molar-refractivity contribution in [1.82, 2.24) is 5.32 Å². The highest BCUT2D eigenvalue weighted by atomic mass is 16.5. The first-order chi connectivity index (χ1) is 13.1. The Kier molecular flexibility index (Phi) is 6.90. The number of nitrogens with one attached hydrogen (secondary N) is 2. The molecular weight excluding hydrogens is 344 g/mol. The minimum absolute atomic E-state index is 0.0714. The van der Waals surface area contributed by atoms with Gasteiger partial charge in [0.15, 0.2) is 0 Å². The molecular formula is C21H28N2O4. The van der Waals surface area contributed by atoms with E-state index in [-0.39, 0.29) is 12.6 Å². The maximum Gasteiger partial charge on any atom is 0.319 e. The third-order valence-electron chi connectivity index (χ3n) is 4.89. The molecule has 1 aliphatic carbocycles. The van der Waals surface area contributed by atoms with E-state index in [0.29, 0.717) is 24.2 Å². The molecule has 6 nitrogen and oxygen atoms in total. The molecule has 1 fully saturated rings. The lowest BCUT2D eigenvalue weighted by Crippen LogP contribution is -2.32. The van der Waals surface area contributed by atoms with Crippen LogP contribution in [-0.2, 0) is 11.3 Å². The molecule has 0 bridgehead atoms. The summed E-state index contributed by atoms with van der Waals surface area (Å²) in [4.78, 5) is 12.0. The van der Waals surface area contributed by atoms with Gasteiger partial charge in [-0.1, -0.05) is 31.9 Å². The Hall–Kier alpha value is -2.31. The quantitative estimate of drug-likeness (QED) is 0.679. The number of amides is 2. The molecule has 3 N–H and O–H groups in total. The molecule has 0 radical (unpaired) electrons. The second kappa shape index (κ2) is 9.58. The molecule has 1 aromatic heterocycles. The van der Waals surface area contributed by atoms with Crippen LogP contribution < -0.4 is 10.6 Å². The fraction of sp³-hybridized carbons (Fsp3) is 0.476. The van der Waals surface area contributed by atoms with E-state index in [0.717, 1.165) is 24.3 Å².